The maximum Gasteiger partial charge on any atom is 0.0532 e. The third-order valence-corrected chi connectivity index (χ3v) is 2.45. The number of hydrogen-bond donors (Lipinski definition) is 1. The molecule has 0 aliphatic heterocycles. The third kappa shape index (κ3) is 1.49. The highest BCUT2D eigenvalue weighted by molar-refractivity contribution is 5.84. The molecule has 1 heterocycles. The van der Waals surface area contributed by atoms with E-state index in [0.717, 1.165) is 11.1 Å². The summed E-state index contributed by atoms with van der Waals surface area (Å²) in [6.07, 6.45) is 1.80. The SMILES string of the molecule is C[C@@H](CO)c1nccc2ccccc12. The summed E-state index contributed by atoms with van der Waals surface area (Å²) in [6, 6.07) is 10.1. The van der Waals surface area contributed by atoms with Gasteiger partial charge in [-0.05, 0) is 11.5 Å². The molecule has 1 aromatic heterocycles. The fourth-order valence-electron chi connectivity index (χ4n) is 1.62. The molecule has 0 spiro atoms. The molecule has 1 atom stereocenters. The zero-order chi connectivity index (χ0) is 9.97. The molecule has 1 aromatic carbocycles. The first-order chi connectivity index (χ1) is 6.83. The second kappa shape index (κ2) is 3.76. The van der Waals surface area contributed by atoms with Gasteiger partial charge in [0.1, 0.15) is 0 Å². The van der Waals surface area contributed by atoms with Crippen molar-refractivity contribution in [2.24, 2.45) is 0 Å². The summed E-state index contributed by atoms with van der Waals surface area (Å²) < 4.78 is 0. The number of pyridine rings is 1. The summed E-state index contributed by atoms with van der Waals surface area (Å²) >= 11 is 0. The maximum absolute atomic E-state index is 9.11. The van der Waals surface area contributed by atoms with Crippen LogP contribution in [0.3, 0.4) is 0 Å². The molecule has 0 fully saturated rings. The van der Waals surface area contributed by atoms with Crippen LogP contribution < -0.4 is 0 Å². The van der Waals surface area contributed by atoms with E-state index in [4.69, 9.17) is 5.11 Å². The van der Waals surface area contributed by atoms with E-state index in [2.05, 4.69) is 11.1 Å². The molecule has 0 aliphatic rings. The van der Waals surface area contributed by atoms with Gasteiger partial charge in [-0.25, -0.2) is 0 Å². The number of hydrogen-bond acceptors (Lipinski definition) is 2. The van der Waals surface area contributed by atoms with Crippen molar-refractivity contribution < 1.29 is 5.11 Å². The number of nitrogens with zero attached hydrogens (tertiary/aromatic N) is 1. The summed E-state index contributed by atoms with van der Waals surface area (Å²) in [5.74, 6) is 0.0982. The van der Waals surface area contributed by atoms with Crippen molar-refractivity contribution in [1.82, 2.24) is 4.98 Å². The summed E-state index contributed by atoms with van der Waals surface area (Å²) in [5.41, 5.74) is 0.977. The van der Waals surface area contributed by atoms with Gasteiger partial charge in [0.2, 0.25) is 0 Å². The van der Waals surface area contributed by atoms with E-state index in [1.54, 1.807) is 6.20 Å². The van der Waals surface area contributed by atoms with Crippen LogP contribution in [0.5, 0.6) is 0 Å². The lowest BCUT2D eigenvalue weighted by Gasteiger charge is -2.10. The molecule has 0 saturated carbocycles. The zero-order valence-corrected chi connectivity index (χ0v) is 8.14. The van der Waals surface area contributed by atoms with Crippen LogP contribution in [0.25, 0.3) is 10.8 Å². The minimum atomic E-state index is 0.0982. The fourth-order valence-corrected chi connectivity index (χ4v) is 1.62. The molecule has 0 unspecified atom stereocenters. The van der Waals surface area contributed by atoms with Crippen LogP contribution in [0.4, 0.5) is 0 Å². The monoisotopic (exact) mass is 187 g/mol. The Bertz CT molecular complexity index is 434. The first kappa shape index (κ1) is 9.16. The highest BCUT2D eigenvalue weighted by atomic mass is 16.3. The van der Waals surface area contributed by atoms with Crippen molar-refractivity contribution >= 4 is 10.8 Å². The number of aromatic nitrogens is 1. The molecule has 1 N–H and O–H groups in total. The zero-order valence-electron chi connectivity index (χ0n) is 8.14. The predicted octanol–water partition coefficient (Wildman–Crippen LogP) is 2.33. The van der Waals surface area contributed by atoms with Crippen molar-refractivity contribution in [1.29, 1.82) is 0 Å². The van der Waals surface area contributed by atoms with Crippen molar-refractivity contribution in [3.63, 3.8) is 0 Å². The van der Waals surface area contributed by atoms with E-state index >= 15 is 0 Å². The summed E-state index contributed by atoms with van der Waals surface area (Å²) in [4.78, 5) is 4.32. The molecular weight excluding hydrogens is 174 g/mol. The van der Waals surface area contributed by atoms with Gasteiger partial charge in [0.25, 0.3) is 0 Å². The molecule has 0 radical (unpaired) electrons. The van der Waals surface area contributed by atoms with Crippen LogP contribution in [0.15, 0.2) is 36.5 Å². The molecule has 2 nitrogen and oxygen atoms in total. The Morgan fingerprint density at radius 3 is 2.86 bits per heavy atom. The predicted molar refractivity (Wildman–Crippen MR) is 57.2 cm³/mol. The van der Waals surface area contributed by atoms with Crippen LogP contribution in [0.2, 0.25) is 0 Å². The van der Waals surface area contributed by atoms with E-state index in [1.165, 1.54) is 5.39 Å². The quantitative estimate of drug-likeness (QED) is 0.782. The van der Waals surface area contributed by atoms with Crippen LogP contribution >= 0.6 is 0 Å². The van der Waals surface area contributed by atoms with Crippen LogP contribution in [-0.4, -0.2) is 16.7 Å². The lowest BCUT2D eigenvalue weighted by Crippen LogP contribution is -2.02. The van der Waals surface area contributed by atoms with Gasteiger partial charge in [0.05, 0.1) is 12.3 Å². The van der Waals surface area contributed by atoms with Crippen molar-refractivity contribution in [2.75, 3.05) is 6.61 Å². The molecule has 2 aromatic rings. The van der Waals surface area contributed by atoms with Crippen LogP contribution in [0.1, 0.15) is 18.5 Å². The summed E-state index contributed by atoms with van der Waals surface area (Å²) in [6.45, 7) is 2.12. The summed E-state index contributed by atoms with van der Waals surface area (Å²) in [5, 5.41) is 11.4. The van der Waals surface area contributed by atoms with Gasteiger partial charge in [0, 0.05) is 17.5 Å². The molecule has 0 amide bonds. The highest BCUT2D eigenvalue weighted by Crippen LogP contribution is 2.22. The fraction of sp³-hybridized carbons (Fsp3) is 0.250. The molecule has 72 valence electrons. The van der Waals surface area contributed by atoms with Gasteiger partial charge in [-0.1, -0.05) is 31.2 Å². The van der Waals surface area contributed by atoms with E-state index < -0.39 is 0 Å². The number of aliphatic hydroxyl groups is 1. The Labute approximate surface area is 83.2 Å². The largest absolute Gasteiger partial charge is 0.396 e. The normalized spacial score (nSPS) is 13.0. The van der Waals surface area contributed by atoms with E-state index in [-0.39, 0.29) is 12.5 Å². The van der Waals surface area contributed by atoms with Crippen LogP contribution in [0, 0.1) is 0 Å². The van der Waals surface area contributed by atoms with Gasteiger partial charge in [-0.2, -0.15) is 0 Å². The Hall–Kier alpha value is -1.41. The average molecular weight is 187 g/mol. The van der Waals surface area contributed by atoms with Crippen LogP contribution in [-0.2, 0) is 0 Å². The van der Waals surface area contributed by atoms with E-state index in [9.17, 15) is 0 Å². The first-order valence-electron chi connectivity index (χ1n) is 4.77. The lowest BCUT2D eigenvalue weighted by molar-refractivity contribution is 0.272. The molecule has 0 aliphatic carbocycles. The van der Waals surface area contributed by atoms with Gasteiger partial charge in [0.15, 0.2) is 0 Å². The molecule has 2 heteroatoms. The Morgan fingerprint density at radius 2 is 2.07 bits per heavy atom. The lowest BCUT2D eigenvalue weighted by atomic mass is 10.0. The number of aliphatic hydroxyl groups excluding tert-OH is 1. The number of benzene rings is 1. The Morgan fingerprint density at radius 1 is 1.29 bits per heavy atom. The Kier molecular flexibility index (Phi) is 2.46. The second-order valence-corrected chi connectivity index (χ2v) is 3.50. The van der Waals surface area contributed by atoms with Crippen molar-refractivity contribution in [3.05, 3.63) is 42.2 Å². The molecular formula is C12H13NO. The third-order valence-electron chi connectivity index (χ3n) is 2.45. The van der Waals surface area contributed by atoms with Crippen molar-refractivity contribution in [2.45, 2.75) is 12.8 Å². The van der Waals surface area contributed by atoms with Gasteiger partial charge in [-0.3, -0.25) is 4.98 Å². The summed E-state index contributed by atoms with van der Waals surface area (Å²) in [7, 11) is 0. The standard InChI is InChI=1S/C12H13NO/c1-9(8-14)12-11-5-3-2-4-10(11)6-7-13-12/h2-7,9,14H,8H2,1H3/t9-/m0/s1. The number of fused-ring (bicyclic) bond motifs is 1. The minimum Gasteiger partial charge on any atom is -0.396 e. The highest BCUT2D eigenvalue weighted by Gasteiger charge is 2.08. The number of rotatable bonds is 2. The second-order valence-electron chi connectivity index (χ2n) is 3.50. The van der Waals surface area contributed by atoms with E-state index in [1.807, 2.05) is 31.2 Å². The maximum atomic E-state index is 9.11. The van der Waals surface area contributed by atoms with Gasteiger partial charge >= 0.3 is 0 Å². The first-order valence-corrected chi connectivity index (χ1v) is 4.77. The van der Waals surface area contributed by atoms with Gasteiger partial charge in [-0.15, -0.1) is 0 Å². The molecule has 14 heavy (non-hydrogen) atoms. The molecule has 0 saturated heterocycles. The topological polar surface area (TPSA) is 33.1 Å². The van der Waals surface area contributed by atoms with E-state index in [0.29, 0.717) is 0 Å². The van der Waals surface area contributed by atoms with Gasteiger partial charge < -0.3 is 5.11 Å². The average Bonchev–Trinajstić information content (AvgIpc) is 2.27. The smallest absolute Gasteiger partial charge is 0.0532 e. The minimum absolute atomic E-state index is 0.0982. The molecule has 2 rings (SSSR count). The Balaban J connectivity index is 2.65. The van der Waals surface area contributed by atoms with Crippen molar-refractivity contribution in [3.8, 4) is 0 Å². The molecule has 0 bridgehead atoms.